The number of hydrogen-bond acceptors (Lipinski definition) is 3. The molecule has 0 aliphatic rings. The van der Waals surface area contributed by atoms with Gasteiger partial charge in [-0.15, -0.1) is 0 Å². The van der Waals surface area contributed by atoms with Gasteiger partial charge in [0.25, 0.3) is 0 Å². The topological polar surface area (TPSA) is 58.4 Å². The molecule has 0 fully saturated rings. The number of nitrogens with zero attached hydrogens (tertiary/aromatic N) is 1. The maximum absolute atomic E-state index is 11.3. The highest BCUT2D eigenvalue weighted by atomic mass is 16.1. The maximum Gasteiger partial charge on any atom is 0.239 e. The number of para-hydroxylation sites is 2. The third kappa shape index (κ3) is 3.16. The Labute approximate surface area is 90.1 Å². The van der Waals surface area contributed by atoms with E-state index in [0.29, 0.717) is 18.8 Å². The van der Waals surface area contributed by atoms with Crippen molar-refractivity contribution in [3.05, 3.63) is 24.3 Å². The van der Waals surface area contributed by atoms with E-state index in [0.717, 1.165) is 5.69 Å². The minimum atomic E-state index is 0.00301. The zero-order valence-corrected chi connectivity index (χ0v) is 9.16. The molecule has 0 aliphatic heterocycles. The summed E-state index contributed by atoms with van der Waals surface area (Å²) in [6.45, 7) is 2.87. The van der Waals surface area contributed by atoms with E-state index in [1.54, 1.807) is 0 Å². The summed E-state index contributed by atoms with van der Waals surface area (Å²) in [4.78, 5) is 13.2. The lowest BCUT2D eigenvalue weighted by Gasteiger charge is -2.20. The van der Waals surface area contributed by atoms with Crippen LogP contribution in [0.3, 0.4) is 0 Å². The van der Waals surface area contributed by atoms with E-state index in [-0.39, 0.29) is 5.91 Å². The van der Waals surface area contributed by atoms with Gasteiger partial charge in [0.1, 0.15) is 0 Å². The molecule has 15 heavy (non-hydrogen) atoms. The lowest BCUT2D eigenvalue weighted by Crippen LogP contribution is -2.35. The highest BCUT2D eigenvalue weighted by Gasteiger charge is 2.08. The van der Waals surface area contributed by atoms with E-state index in [4.69, 9.17) is 5.73 Å². The van der Waals surface area contributed by atoms with Crippen LogP contribution < -0.4 is 16.0 Å². The highest BCUT2D eigenvalue weighted by Crippen LogP contribution is 2.20. The second-order valence-corrected chi connectivity index (χ2v) is 3.37. The summed E-state index contributed by atoms with van der Waals surface area (Å²) in [5, 5.41) is 2.74. The van der Waals surface area contributed by atoms with Crippen molar-refractivity contribution in [2.45, 2.75) is 6.92 Å². The molecular formula is C11H17N3O. The average Bonchev–Trinajstić information content (AvgIpc) is 2.18. The molecule has 0 heterocycles. The number of nitrogen functional groups attached to an aromatic ring is 1. The Kier molecular flexibility index (Phi) is 3.97. The second-order valence-electron chi connectivity index (χ2n) is 3.37. The molecule has 0 aromatic heterocycles. The van der Waals surface area contributed by atoms with Gasteiger partial charge < -0.3 is 16.0 Å². The van der Waals surface area contributed by atoms with Gasteiger partial charge in [0.05, 0.1) is 17.9 Å². The van der Waals surface area contributed by atoms with Crippen molar-refractivity contribution in [2.24, 2.45) is 0 Å². The van der Waals surface area contributed by atoms with Crippen LogP contribution in [0.1, 0.15) is 6.92 Å². The molecule has 4 heteroatoms. The summed E-state index contributed by atoms with van der Waals surface area (Å²) in [6, 6.07) is 7.50. The summed E-state index contributed by atoms with van der Waals surface area (Å²) >= 11 is 0. The van der Waals surface area contributed by atoms with Gasteiger partial charge >= 0.3 is 0 Å². The summed E-state index contributed by atoms with van der Waals surface area (Å²) < 4.78 is 0. The van der Waals surface area contributed by atoms with Crippen LogP contribution in [0.5, 0.6) is 0 Å². The zero-order valence-electron chi connectivity index (χ0n) is 9.16. The van der Waals surface area contributed by atoms with Gasteiger partial charge in [-0.25, -0.2) is 0 Å². The Morgan fingerprint density at radius 2 is 2.13 bits per heavy atom. The van der Waals surface area contributed by atoms with Crippen LogP contribution in [0.4, 0.5) is 11.4 Å². The summed E-state index contributed by atoms with van der Waals surface area (Å²) in [5.74, 6) is 0.00301. The molecule has 1 amide bonds. The first-order chi connectivity index (χ1) is 7.15. The molecule has 1 aromatic rings. The van der Waals surface area contributed by atoms with Crippen molar-refractivity contribution in [1.82, 2.24) is 5.32 Å². The number of rotatable bonds is 4. The molecule has 4 nitrogen and oxygen atoms in total. The van der Waals surface area contributed by atoms with Gasteiger partial charge in [-0.05, 0) is 19.1 Å². The first-order valence-corrected chi connectivity index (χ1v) is 4.97. The Morgan fingerprint density at radius 3 is 2.73 bits per heavy atom. The number of carbonyl (C=O) groups is 1. The Balaban J connectivity index is 2.65. The third-order valence-corrected chi connectivity index (χ3v) is 2.10. The second kappa shape index (κ2) is 5.24. The van der Waals surface area contributed by atoms with Gasteiger partial charge in [0.15, 0.2) is 0 Å². The number of hydrogen-bond donors (Lipinski definition) is 2. The quantitative estimate of drug-likeness (QED) is 0.719. The lowest BCUT2D eigenvalue weighted by molar-refractivity contribution is -0.119. The number of amides is 1. The first-order valence-electron chi connectivity index (χ1n) is 4.97. The number of anilines is 2. The predicted octanol–water partition coefficient (Wildman–Crippen LogP) is 0.841. The molecule has 1 rings (SSSR count). The van der Waals surface area contributed by atoms with E-state index in [9.17, 15) is 4.79 Å². The van der Waals surface area contributed by atoms with Crippen molar-refractivity contribution >= 4 is 17.3 Å². The average molecular weight is 207 g/mol. The molecule has 3 N–H and O–H groups in total. The number of benzene rings is 1. The van der Waals surface area contributed by atoms with Crippen LogP contribution in [0.15, 0.2) is 24.3 Å². The monoisotopic (exact) mass is 207 g/mol. The Bertz CT molecular complexity index is 338. The summed E-state index contributed by atoms with van der Waals surface area (Å²) in [6.07, 6.45) is 0. The van der Waals surface area contributed by atoms with Gasteiger partial charge in [0.2, 0.25) is 5.91 Å². The zero-order chi connectivity index (χ0) is 11.3. The fourth-order valence-electron chi connectivity index (χ4n) is 1.39. The molecule has 0 spiro atoms. The lowest BCUT2D eigenvalue weighted by atomic mass is 10.2. The van der Waals surface area contributed by atoms with Crippen LogP contribution in [0.2, 0.25) is 0 Å². The standard InChI is InChI=1S/C11H17N3O/c1-3-13-11(15)8-14(2)10-7-5-4-6-9(10)12/h4-7H,3,8,12H2,1-2H3,(H,13,15). The number of likely N-dealkylation sites (N-methyl/N-ethyl adjacent to an activating group) is 2. The molecule has 0 saturated carbocycles. The van der Waals surface area contributed by atoms with Crippen molar-refractivity contribution in [3.8, 4) is 0 Å². The van der Waals surface area contributed by atoms with Gasteiger partial charge in [-0.2, -0.15) is 0 Å². The minimum absolute atomic E-state index is 0.00301. The van der Waals surface area contributed by atoms with Crippen LogP contribution in [-0.4, -0.2) is 26.0 Å². The van der Waals surface area contributed by atoms with E-state index in [1.165, 1.54) is 0 Å². The third-order valence-electron chi connectivity index (χ3n) is 2.10. The SMILES string of the molecule is CCNC(=O)CN(C)c1ccccc1N. The van der Waals surface area contributed by atoms with Gasteiger partial charge in [-0.3, -0.25) is 4.79 Å². The normalized spacial score (nSPS) is 9.73. The summed E-state index contributed by atoms with van der Waals surface area (Å²) in [7, 11) is 1.85. The van der Waals surface area contributed by atoms with E-state index in [1.807, 2.05) is 43.1 Å². The number of nitrogens with one attached hydrogen (secondary N) is 1. The van der Waals surface area contributed by atoms with Crippen molar-refractivity contribution in [1.29, 1.82) is 0 Å². The molecule has 0 aliphatic carbocycles. The number of carbonyl (C=O) groups excluding carboxylic acids is 1. The molecule has 0 bridgehead atoms. The van der Waals surface area contributed by atoms with E-state index >= 15 is 0 Å². The van der Waals surface area contributed by atoms with Crippen LogP contribution in [0.25, 0.3) is 0 Å². The molecule has 82 valence electrons. The molecule has 0 atom stereocenters. The molecular weight excluding hydrogens is 190 g/mol. The maximum atomic E-state index is 11.3. The Hall–Kier alpha value is -1.71. The smallest absolute Gasteiger partial charge is 0.239 e. The molecule has 0 saturated heterocycles. The number of nitrogens with two attached hydrogens (primary N) is 1. The van der Waals surface area contributed by atoms with Gasteiger partial charge in [0, 0.05) is 13.6 Å². The molecule has 0 radical (unpaired) electrons. The van der Waals surface area contributed by atoms with Crippen molar-refractivity contribution in [3.63, 3.8) is 0 Å². The Morgan fingerprint density at radius 1 is 1.47 bits per heavy atom. The summed E-state index contributed by atoms with van der Waals surface area (Å²) in [5.41, 5.74) is 7.36. The molecule has 0 unspecified atom stereocenters. The largest absolute Gasteiger partial charge is 0.397 e. The van der Waals surface area contributed by atoms with Crippen LogP contribution in [0, 0.1) is 0 Å². The van der Waals surface area contributed by atoms with E-state index < -0.39 is 0 Å². The predicted molar refractivity (Wildman–Crippen MR) is 62.8 cm³/mol. The van der Waals surface area contributed by atoms with Crippen LogP contribution >= 0.6 is 0 Å². The van der Waals surface area contributed by atoms with Crippen LogP contribution in [-0.2, 0) is 4.79 Å². The van der Waals surface area contributed by atoms with Gasteiger partial charge in [-0.1, -0.05) is 12.1 Å². The fourth-order valence-corrected chi connectivity index (χ4v) is 1.39. The van der Waals surface area contributed by atoms with Crippen molar-refractivity contribution in [2.75, 3.05) is 30.8 Å². The minimum Gasteiger partial charge on any atom is -0.397 e. The van der Waals surface area contributed by atoms with E-state index in [2.05, 4.69) is 5.32 Å². The van der Waals surface area contributed by atoms with Crippen molar-refractivity contribution < 1.29 is 4.79 Å². The highest BCUT2D eigenvalue weighted by molar-refractivity contribution is 5.82. The molecule has 1 aromatic carbocycles. The first kappa shape index (κ1) is 11.4. The fraction of sp³-hybridized carbons (Fsp3) is 0.364.